The van der Waals surface area contributed by atoms with Crippen molar-refractivity contribution in [2.45, 2.75) is 13.5 Å². The van der Waals surface area contributed by atoms with E-state index in [0.29, 0.717) is 29.4 Å². The quantitative estimate of drug-likeness (QED) is 0.691. The average Bonchev–Trinajstić information content (AvgIpc) is 3.02. The van der Waals surface area contributed by atoms with Gasteiger partial charge < -0.3 is 15.5 Å². The number of aryl methyl sites for hydroxylation is 1. The molecule has 5 nitrogen and oxygen atoms in total. The third-order valence-electron chi connectivity index (χ3n) is 3.63. The van der Waals surface area contributed by atoms with Gasteiger partial charge in [-0.2, -0.15) is 0 Å². The lowest BCUT2D eigenvalue weighted by atomic mass is 10.1. The number of aromatic nitrogens is 1. The summed E-state index contributed by atoms with van der Waals surface area (Å²) < 4.78 is 6.76. The van der Waals surface area contributed by atoms with Crippen LogP contribution in [0.25, 0.3) is 11.3 Å². The van der Waals surface area contributed by atoms with Crippen LogP contribution in [0.15, 0.2) is 57.6 Å². The molecule has 0 aliphatic heterocycles. The zero-order chi connectivity index (χ0) is 17.1. The summed E-state index contributed by atoms with van der Waals surface area (Å²) in [5.74, 6) is 0.766. The Bertz CT molecular complexity index is 872. The number of halogens is 1. The number of nitrogens with two attached hydrogens (primary N) is 1. The Morgan fingerprint density at radius 2 is 2.00 bits per heavy atom. The molecule has 1 heterocycles. The highest BCUT2D eigenvalue weighted by Gasteiger charge is 2.12. The minimum atomic E-state index is -0.460. The molecule has 1 aromatic heterocycles. The maximum absolute atomic E-state index is 11.6. The van der Waals surface area contributed by atoms with Crippen LogP contribution in [0.5, 0.6) is 0 Å². The molecule has 0 atom stereocenters. The number of primary amides is 1. The molecule has 6 heteroatoms. The summed E-state index contributed by atoms with van der Waals surface area (Å²) in [5, 5.41) is 3.16. The minimum absolute atomic E-state index is 0.361. The van der Waals surface area contributed by atoms with Crippen LogP contribution in [-0.2, 0) is 6.54 Å². The summed E-state index contributed by atoms with van der Waals surface area (Å²) in [4.78, 5) is 15.9. The van der Waals surface area contributed by atoms with Gasteiger partial charge in [-0.15, -0.1) is 0 Å². The van der Waals surface area contributed by atoms with E-state index in [0.717, 1.165) is 15.6 Å². The summed E-state index contributed by atoms with van der Waals surface area (Å²) in [5.41, 5.74) is 8.39. The summed E-state index contributed by atoms with van der Waals surface area (Å²) >= 11 is 3.40. The third kappa shape index (κ3) is 3.49. The zero-order valence-corrected chi connectivity index (χ0v) is 14.6. The maximum atomic E-state index is 11.6. The van der Waals surface area contributed by atoms with Crippen LogP contribution in [0.3, 0.4) is 0 Å². The topological polar surface area (TPSA) is 81.2 Å². The van der Waals surface area contributed by atoms with Gasteiger partial charge in [0.15, 0.2) is 5.76 Å². The lowest BCUT2D eigenvalue weighted by Crippen LogP contribution is -2.16. The molecular weight excluding hydrogens is 370 g/mol. The Labute approximate surface area is 148 Å². The van der Waals surface area contributed by atoms with E-state index in [4.69, 9.17) is 10.2 Å². The Kier molecular flexibility index (Phi) is 4.66. The predicted octanol–water partition coefficient (Wildman–Crippen LogP) is 4.12. The van der Waals surface area contributed by atoms with E-state index < -0.39 is 5.91 Å². The Morgan fingerprint density at radius 1 is 1.25 bits per heavy atom. The van der Waals surface area contributed by atoms with Crippen molar-refractivity contribution in [1.29, 1.82) is 0 Å². The first-order valence-corrected chi connectivity index (χ1v) is 8.18. The summed E-state index contributed by atoms with van der Waals surface area (Å²) in [7, 11) is 0. The predicted molar refractivity (Wildman–Crippen MR) is 96.7 cm³/mol. The van der Waals surface area contributed by atoms with E-state index in [1.807, 2.05) is 49.4 Å². The molecular formula is C18H16BrN3O2. The molecule has 0 saturated heterocycles. The van der Waals surface area contributed by atoms with Gasteiger partial charge in [0.05, 0.1) is 18.3 Å². The minimum Gasteiger partial charge on any atom is -0.439 e. The second kappa shape index (κ2) is 6.88. The highest BCUT2D eigenvalue weighted by molar-refractivity contribution is 9.10. The molecule has 122 valence electrons. The maximum Gasteiger partial charge on any atom is 0.251 e. The van der Waals surface area contributed by atoms with Crippen molar-refractivity contribution in [3.05, 3.63) is 70.2 Å². The van der Waals surface area contributed by atoms with Crippen LogP contribution in [0.4, 0.5) is 5.69 Å². The molecule has 1 amide bonds. The van der Waals surface area contributed by atoms with E-state index in [1.165, 1.54) is 0 Å². The number of nitrogens with one attached hydrogen (secondary N) is 1. The number of carbonyl (C=O) groups is 1. The lowest BCUT2D eigenvalue weighted by molar-refractivity contribution is 0.100. The number of hydrogen-bond donors (Lipinski definition) is 2. The number of hydrogen-bond acceptors (Lipinski definition) is 4. The van der Waals surface area contributed by atoms with E-state index in [-0.39, 0.29) is 0 Å². The molecule has 0 radical (unpaired) electrons. The van der Waals surface area contributed by atoms with E-state index >= 15 is 0 Å². The summed E-state index contributed by atoms with van der Waals surface area (Å²) in [6.07, 6.45) is 1.69. The fraction of sp³-hybridized carbons (Fsp3) is 0.111. The molecule has 0 spiro atoms. The van der Waals surface area contributed by atoms with Crippen LogP contribution in [-0.4, -0.2) is 10.9 Å². The number of oxazole rings is 1. The zero-order valence-electron chi connectivity index (χ0n) is 13.0. The van der Waals surface area contributed by atoms with Crippen molar-refractivity contribution < 1.29 is 9.21 Å². The van der Waals surface area contributed by atoms with Gasteiger partial charge >= 0.3 is 0 Å². The van der Waals surface area contributed by atoms with Gasteiger partial charge in [-0.3, -0.25) is 4.79 Å². The van der Waals surface area contributed by atoms with Crippen molar-refractivity contribution >= 4 is 27.5 Å². The molecule has 0 fully saturated rings. The van der Waals surface area contributed by atoms with Gasteiger partial charge in [0.1, 0.15) is 0 Å². The highest BCUT2D eigenvalue weighted by Crippen LogP contribution is 2.24. The fourth-order valence-electron chi connectivity index (χ4n) is 2.45. The van der Waals surface area contributed by atoms with Crippen LogP contribution in [0, 0.1) is 6.92 Å². The smallest absolute Gasteiger partial charge is 0.251 e. The summed E-state index contributed by atoms with van der Waals surface area (Å²) in [6.45, 7) is 2.21. The second-order valence-electron chi connectivity index (χ2n) is 5.34. The summed E-state index contributed by atoms with van der Waals surface area (Å²) in [6, 6.07) is 13.3. The van der Waals surface area contributed by atoms with Crippen LogP contribution < -0.4 is 11.1 Å². The first-order chi connectivity index (χ1) is 11.5. The van der Waals surface area contributed by atoms with Crippen molar-refractivity contribution in [2.75, 3.05) is 5.32 Å². The van der Waals surface area contributed by atoms with E-state index in [1.54, 1.807) is 6.20 Å². The second-order valence-corrected chi connectivity index (χ2v) is 6.26. The Hall–Kier alpha value is -2.60. The largest absolute Gasteiger partial charge is 0.439 e. The Morgan fingerprint density at radius 3 is 2.71 bits per heavy atom. The average molecular weight is 386 g/mol. The van der Waals surface area contributed by atoms with Crippen molar-refractivity contribution in [3.8, 4) is 11.3 Å². The van der Waals surface area contributed by atoms with E-state index in [2.05, 4.69) is 26.2 Å². The number of benzene rings is 2. The molecule has 0 bridgehead atoms. The van der Waals surface area contributed by atoms with Gasteiger partial charge in [-0.25, -0.2) is 4.98 Å². The van der Waals surface area contributed by atoms with Crippen LogP contribution in [0.1, 0.15) is 21.8 Å². The third-order valence-corrected chi connectivity index (χ3v) is 4.16. The molecule has 24 heavy (non-hydrogen) atoms. The van der Waals surface area contributed by atoms with Gasteiger partial charge in [0.25, 0.3) is 5.91 Å². The van der Waals surface area contributed by atoms with Gasteiger partial charge in [0, 0.05) is 15.7 Å². The molecule has 3 rings (SSSR count). The fourth-order valence-corrected chi connectivity index (χ4v) is 2.72. The van der Waals surface area contributed by atoms with Crippen LogP contribution >= 0.6 is 15.9 Å². The molecule has 3 aromatic rings. The molecule has 2 aromatic carbocycles. The molecule has 0 aliphatic carbocycles. The van der Waals surface area contributed by atoms with Crippen molar-refractivity contribution in [2.24, 2.45) is 5.73 Å². The Balaban J connectivity index is 1.76. The van der Waals surface area contributed by atoms with Gasteiger partial charge in [-0.1, -0.05) is 40.2 Å². The monoisotopic (exact) mass is 385 g/mol. The normalized spacial score (nSPS) is 10.6. The van der Waals surface area contributed by atoms with Gasteiger partial charge in [-0.05, 0) is 30.7 Å². The number of anilines is 1. The molecule has 0 aliphatic rings. The van der Waals surface area contributed by atoms with Gasteiger partial charge in [0.2, 0.25) is 5.89 Å². The standard InChI is InChI=1S/C18H16BrN3O2/c1-11-3-2-4-14(17(11)18(20)23)21-10-16-22-9-15(24-16)12-5-7-13(19)8-6-12/h2-9,21H,10H2,1H3,(H2,20,23). The van der Waals surface area contributed by atoms with Crippen molar-refractivity contribution in [1.82, 2.24) is 4.98 Å². The number of nitrogens with zero attached hydrogens (tertiary/aromatic N) is 1. The molecule has 0 unspecified atom stereocenters. The first kappa shape index (κ1) is 16.3. The number of carbonyl (C=O) groups excluding carboxylic acids is 1. The van der Waals surface area contributed by atoms with Crippen molar-refractivity contribution in [3.63, 3.8) is 0 Å². The SMILES string of the molecule is Cc1cccc(NCc2ncc(-c3ccc(Br)cc3)o2)c1C(N)=O. The first-order valence-electron chi connectivity index (χ1n) is 7.38. The number of amides is 1. The van der Waals surface area contributed by atoms with Crippen LogP contribution in [0.2, 0.25) is 0 Å². The highest BCUT2D eigenvalue weighted by atomic mass is 79.9. The molecule has 3 N–H and O–H groups in total. The van der Waals surface area contributed by atoms with E-state index in [9.17, 15) is 4.79 Å². The lowest BCUT2D eigenvalue weighted by Gasteiger charge is -2.10. The number of rotatable bonds is 5. The molecule has 0 saturated carbocycles.